The number of hydrogen-bond donors (Lipinski definition) is 0. The summed E-state index contributed by atoms with van der Waals surface area (Å²) >= 11 is 0. The number of rotatable bonds is 3. The molecular weight excluding hydrogens is 393 g/mol. The van der Waals surface area contributed by atoms with E-state index < -0.39 is 5.82 Å². The average molecular weight is 407 g/mol. The molecule has 0 aliphatic rings. The molecule has 0 spiro atoms. The van der Waals surface area contributed by atoms with Gasteiger partial charge in [-0.3, -0.25) is 9.36 Å². The Balaban J connectivity index is 1.86. The van der Waals surface area contributed by atoms with Gasteiger partial charge in [0, 0.05) is 5.69 Å². The van der Waals surface area contributed by atoms with E-state index in [-0.39, 0.29) is 16.9 Å². The van der Waals surface area contributed by atoms with Crippen LogP contribution in [0.3, 0.4) is 0 Å². The molecule has 31 heavy (non-hydrogen) atoms. The van der Waals surface area contributed by atoms with E-state index in [1.165, 1.54) is 16.8 Å². The van der Waals surface area contributed by atoms with Gasteiger partial charge in [0.2, 0.25) is 0 Å². The highest BCUT2D eigenvalue weighted by atomic mass is 19.1. The van der Waals surface area contributed by atoms with Gasteiger partial charge in [-0.15, -0.1) is 0 Å². The second-order valence-electron chi connectivity index (χ2n) is 6.81. The molecule has 0 bridgehead atoms. The molecule has 0 fully saturated rings. The fourth-order valence-corrected chi connectivity index (χ4v) is 3.46. The molecule has 0 radical (unpaired) electrons. The Morgan fingerprint density at radius 3 is 2.29 bits per heavy atom. The first-order chi connectivity index (χ1) is 15.2. The summed E-state index contributed by atoms with van der Waals surface area (Å²) in [7, 11) is 0. The molecule has 0 N–H and O–H groups in total. The lowest BCUT2D eigenvalue weighted by Crippen LogP contribution is -2.22. The Kier molecular flexibility index (Phi) is 4.38. The molecule has 0 saturated heterocycles. The van der Waals surface area contributed by atoms with Crippen LogP contribution in [-0.2, 0) is 0 Å². The summed E-state index contributed by atoms with van der Waals surface area (Å²) < 4.78 is 17.7. The molecular formula is C24H14FN5O. The van der Waals surface area contributed by atoms with Crippen LogP contribution in [0.2, 0.25) is 0 Å². The minimum absolute atomic E-state index is 0.156. The number of para-hydroxylation sites is 1. The van der Waals surface area contributed by atoms with Gasteiger partial charge < -0.3 is 0 Å². The Morgan fingerprint density at radius 1 is 0.871 bits per heavy atom. The summed E-state index contributed by atoms with van der Waals surface area (Å²) in [6.45, 7) is 7.14. The Hall–Kier alpha value is -4.57. The summed E-state index contributed by atoms with van der Waals surface area (Å²) in [5.74, 6) is -0.338. The molecule has 0 aliphatic heterocycles. The van der Waals surface area contributed by atoms with Crippen molar-refractivity contribution in [2.45, 2.75) is 0 Å². The van der Waals surface area contributed by atoms with Gasteiger partial charge in [0.1, 0.15) is 11.2 Å². The molecule has 0 aliphatic carbocycles. The van der Waals surface area contributed by atoms with E-state index in [0.717, 1.165) is 5.69 Å². The largest absolute Gasteiger partial charge is 0.269 e. The first-order valence-corrected chi connectivity index (χ1v) is 9.46. The molecule has 5 aromatic rings. The van der Waals surface area contributed by atoms with Gasteiger partial charge in [0.25, 0.3) is 5.56 Å². The molecule has 3 aromatic carbocycles. The molecule has 2 heterocycles. The smallest absolute Gasteiger partial charge is 0.268 e. The maximum Gasteiger partial charge on any atom is 0.269 e. The molecule has 0 amide bonds. The normalized spacial score (nSPS) is 10.8. The van der Waals surface area contributed by atoms with E-state index in [1.807, 2.05) is 30.3 Å². The zero-order chi connectivity index (χ0) is 21.4. The van der Waals surface area contributed by atoms with Crippen LogP contribution in [-0.4, -0.2) is 19.3 Å². The lowest BCUT2D eigenvalue weighted by atomic mass is 10.1. The lowest BCUT2D eigenvalue weighted by molar-refractivity contribution is 0.629. The molecule has 5 rings (SSSR count). The van der Waals surface area contributed by atoms with Crippen molar-refractivity contribution in [2.24, 2.45) is 0 Å². The van der Waals surface area contributed by atoms with Crippen LogP contribution < -0.4 is 5.56 Å². The number of aromatic nitrogens is 4. The third kappa shape index (κ3) is 3.07. The third-order valence-electron chi connectivity index (χ3n) is 4.95. The van der Waals surface area contributed by atoms with Gasteiger partial charge in [-0.2, -0.15) is 5.10 Å². The molecule has 0 saturated carbocycles. The quantitative estimate of drug-likeness (QED) is 0.399. The number of fused-ring (bicyclic) bond motifs is 1. The van der Waals surface area contributed by atoms with E-state index in [2.05, 4.69) is 14.9 Å². The van der Waals surface area contributed by atoms with E-state index in [4.69, 9.17) is 6.57 Å². The number of nitrogens with zero attached hydrogens (tertiary/aromatic N) is 5. The highest BCUT2D eigenvalue weighted by molar-refractivity contribution is 5.79. The van der Waals surface area contributed by atoms with Crippen molar-refractivity contribution >= 4 is 16.7 Å². The third-order valence-corrected chi connectivity index (χ3v) is 4.95. The van der Waals surface area contributed by atoms with E-state index in [0.29, 0.717) is 22.4 Å². The maximum absolute atomic E-state index is 14.8. The minimum atomic E-state index is -0.494. The Morgan fingerprint density at radius 2 is 1.58 bits per heavy atom. The van der Waals surface area contributed by atoms with E-state index >= 15 is 0 Å². The van der Waals surface area contributed by atoms with Crippen molar-refractivity contribution in [1.29, 1.82) is 0 Å². The van der Waals surface area contributed by atoms with Crippen LogP contribution in [0.1, 0.15) is 0 Å². The molecule has 2 aromatic heterocycles. The summed E-state index contributed by atoms with van der Waals surface area (Å²) in [4.78, 5) is 21.6. The highest BCUT2D eigenvalue weighted by Gasteiger charge is 2.20. The van der Waals surface area contributed by atoms with E-state index in [9.17, 15) is 9.18 Å². The molecule has 148 valence electrons. The van der Waals surface area contributed by atoms with Crippen molar-refractivity contribution < 1.29 is 4.39 Å². The topological polar surface area (TPSA) is 57.1 Å². The van der Waals surface area contributed by atoms with Crippen molar-refractivity contribution in [2.75, 3.05) is 0 Å². The maximum atomic E-state index is 14.8. The Bertz CT molecular complexity index is 1510. The van der Waals surface area contributed by atoms with Crippen LogP contribution >= 0.6 is 0 Å². The van der Waals surface area contributed by atoms with Gasteiger partial charge in [-0.1, -0.05) is 42.5 Å². The van der Waals surface area contributed by atoms with Gasteiger partial charge in [-0.25, -0.2) is 18.9 Å². The fourth-order valence-electron chi connectivity index (χ4n) is 3.46. The van der Waals surface area contributed by atoms with E-state index in [1.54, 1.807) is 47.1 Å². The van der Waals surface area contributed by atoms with Crippen molar-refractivity contribution in [3.63, 3.8) is 0 Å². The summed E-state index contributed by atoms with van der Waals surface area (Å²) in [5, 5.41) is 4.66. The molecule has 6 nitrogen and oxygen atoms in total. The summed E-state index contributed by atoms with van der Waals surface area (Å²) in [5.41, 5.74) is 1.82. The van der Waals surface area contributed by atoms with Crippen LogP contribution in [0.5, 0.6) is 0 Å². The SMILES string of the molecule is [C-]#[N+]c1ccc(-n2c(-c3ccccc3F)nc3c(cnn3-c3ccccc3)c2=O)cc1. The van der Waals surface area contributed by atoms with Gasteiger partial charge in [0.15, 0.2) is 17.2 Å². The lowest BCUT2D eigenvalue weighted by Gasteiger charge is -2.14. The predicted molar refractivity (Wildman–Crippen MR) is 116 cm³/mol. The standard InChI is InChI=1S/C24H14FN5O/c1-26-16-11-13-17(14-12-16)29-22(19-9-5-6-10-21(19)25)28-23-20(24(29)31)15-27-30(23)18-7-3-2-4-8-18/h2-15H. The van der Waals surface area contributed by atoms with Crippen LogP contribution in [0.15, 0.2) is 89.9 Å². The first-order valence-electron chi connectivity index (χ1n) is 9.46. The summed E-state index contributed by atoms with van der Waals surface area (Å²) in [6, 6.07) is 22.0. The number of benzene rings is 3. The van der Waals surface area contributed by atoms with Crippen LogP contribution in [0, 0.1) is 12.4 Å². The number of halogens is 1. The zero-order valence-corrected chi connectivity index (χ0v) is 16.1. The fraction of sp³-hybridized carbons (Fsp3) is 0. The van der Waals surface area contributed by atoms with Gasteiger partial charge >= 0.3 is 0 Å². The zero-order valence-electron chi connectivity index (χ0n) is 16.1. The minimum Gasteiger partial charge on any atom is -0.268 e. The van der Waals surface area contributed by atoms with Crippen LogP contribution in [0.4, 0.5) is 10.1 Å². The van der Waals surface area contributed by atoms with Crippen molar-refractivity contribution in [1.82, 2.24) is 19.3 Å². The monoisotopic (exact) mass is 407 g/mol. The molecule has 0 unspecified atom stereocenters. The average Bonchev–Trinajstić information content (AvgIpc) is 3.24. The number of hydrogen-bond acceptors (Lipinski definition) is 3. The highest BCUT2D eigenvalue weighted by Crippen LogP contribution is 2.26. The van der Waals surface area contributed by atoms with Crippen LogP contribution in [0.25, 0.3) is 38.6 Å². The second-order valence-corrected chi connectivity index (χ2v) is 6.81. The molecule has 0 atom stereocenters. The Labute approximate surface area is 176 Å². The van der Waals surface area contributed by atoms with Gasteiger partial charge in [-0.05, 0) is 36.4 Å². The second kappa shape index (κ2) is 7.35. The van der Waals surface area contributed by atoms with Crippen molar-refractivity contribution in [3.8, 4) is 22.8 Å². The first kappa shape index (κ1) is 18.5. The van der Waals surface area contributed by atoms with Gasteiger partial charge in [0.05, 0.1) is 24.0 Å². The van der Waals surface area contributed by atoms with Crippen molar-refractivity contribution in [3.05, 3.63) is 113 Å². The molecule has 7 heteroatoms. The summed E-state index contributed by atoms with van der Waals surface area (Å²) in [6.07, 6.45) is 1.47. The predicted octanol–water partition coefficient (Wildman–Crippen LogP) is 4.93.